The first kappa shape index (κ1) is 32.1. The maximum atomic E-state index is 14.2. The van der Waals surface area contributed by atoms with Crippen LogP contribution in [-0.2, 0) is 30.5 Å². The summed E-state index contributed by atoms with van der Waals surface area (Å²) in [6, 6.07) is 6.03. The molecule has 3 aliphatic rings. The number of halogens is 4. The van der Waals surface area contributed by atoms with Crippen molar-refractivity contribution in [2.24, 2.45) is 11.8 Å². The summed E-state index contributed by atoms with van der Waals surface area (Å²) >= 11 is 6.14. The van der Waals surface area contributed by atoms with E-state index >= 15 is 0 Å². The molecule has 252 valence electrons. The Morgan fingerprint density at radius 2 is 1.94 bits per heavy atom. The van der Waals surface area contributed by atoms with E-state index < -0.39 is 17.6 Å². The lowest BCUT2D eigenvalue weighted by Gasteiger charge is -2.36. The molecule has 3 aromatic heterocycles. The van der Waals surface area contributed by atoms with Gasteiger partial charge in [0.25, 0.3) is 5.56 Å². The van der Waals surface area contributed by atoms with E-state index in [1.54, 1.807) is 22.9 Å². The van der Waals surface area contributed by atoms with Gasteiger partial charge in [-0.3, -0.25) is 19.5 Å². The highest BCUT2D eigenvalue weighted by Gasteiger charge is 2.36. The Morgan fingerprint density at radius 3 is 2.58 bits per heavy atom. The number of rotatable bonds is 8. The van der Waals surface area contributed by atoms with Gasteiger partial charge >= 0.3 is 6.18 Å². The maximum Gasteiger partial charge on any atom is 0.416 e. The van der Waals surface area contributed by atoms with Crippen LogP contribution < -0.4 is 15.8 Å². The highest BCUT2D eigenvalue weighted by molar-refractivity contribution is 6.33. The van der Waals surface area contributed by atoms with Crippen molar-refractivity contribution in [2.45, 2.75) is 51.9 Å². The first-order valence-electron chi connectivity index (χ1n) is 16.0. The van der Waals surface area contributed by atoms with Crippen LogP contribution in [0.25, 0.3) is 11.4 Å². The molecule has 0 radical (unpaired) electrons. The minimum Gasteiger partial charge on any atom is -0.506 e. The molecule has 2 unspecified atom stereocenters. The lowest BCUT2D eigenvalue weighted by molar-refractivity contribution is -0.137. The largest absolute Gasteiger partial charge is 0.506 e. The molecule has 15 heteroatoms. The van der Waals surface area contributed by atoms with Crippen molar-refractivity contribution >= 4 is 40.2 Å². The first-order valence-corrected chi connectivity index (χ1v) is 16.4. The van der Waals surface area contributed by atoms with Crippen LogP contribution in [0.4, 0.5) is 24.5 Å². The van der Waals surface area contributed by atoms with E-state index in [0.29, 0.717) is 73.9 Å². The minimum atomic E-state index is -4.58. The number of nitrogens with one attached hydrogen (secondary N) is 1. The lowest BCUT2D eigenvalue weighted by Crippen LogP contribution is -2.48. The fraction of sp³-hybridized carbons (Fsp3) is 0.424. The van der Waals surface area contributed by atoms with Gasteiger partial charge in [-0.2, -0.15) is 22.7 Å². The quantitative estimate of drug-likeness (QED) is 0.267. The molecular weight excluding hydrogens is 649 g/mol. The van der Waals surface area contributed by atoms with Gasteiger partial charge in [-0.15, -0.1) is 5.10 Å². The van der Waals surface area contributed by atoms with E-state index in [1.807, 2.05) is 11.8 Å². The fourth-order valence-corrected chi connectivity index (χ4v) is 7.40. The lowest BCUT2D eigenvalue weighted by atomic mass is 9.98. The molecule has 4 aromatic rings. The molecule has 4 heterocycles. The number of fused-ring (bicyclic) bond motifs is 3. The zero-order chi connectivity index (χ0) is 33.7. The Balaban J connectivity index is 1.22. The molecular formula is C33H34ClF3N8O3. The average Bonchev–Trinajstić information content (AvgIpc) is 3.81. The Hall–Kier alpha value is -4.43. The number of carbonyl (C=O) groups is 1. The van der Waals surface area contributed by atoms with Gasteiger partial charge in [-0.05, 0) is 73.4 Å². The molecule has 1 saturated heterocycles. The first-order chi connectivity index (χ1) is 23.0. The Bertz CT molecular complexity index is 1980. The summed E-state index contributed by atoms with van der Waals surface area (Å²) in [7, 11) is 0. The third-order valence-electron chi connectivity index (χ3n) is 9.55. The molecule has 48 heavy (non-hydrogen) atoms. The SMILES string of the molecule is CCc1c(N2CCN(Cc3ncccc3O)CC2)c(=O)n2nc(C3=CC4CCC3C4)nc2n1CC(=O)Nc1ccc(C(F)(F)F)cc1Cl. The third kappa shape index (κ3) is 6.02. The number of nitrogens with zero attached hydrogens (tertiary/aromatic N) is 7. The van der Waals surface area contributed by atoms with Crippen molar-refractivity contribution in [3.05, 3.63) is 80.8 Å². The van der Waals surface area contributed by atoms with Crippen LogP contribution in [-0.4, -0.2) is 66.2 Å². The van der Waals surface area contributed by atoms with Crippen LogP contribution in [0.5, 0.6) is 5.75 Å². The van der Waals surface area contributed by atoms with Crippen LogP contribution in [0, 0.1) is 11.8 Å². The summed E-state index contributed by atoms with van der Waals surface area (Å²) in [6.07, 6.45) is 2.85. The van der Waals surface area contributed by atoms with Gasteiger partial charge in [0.1, 0.15) is 18.0 Å². The molecule has 1 aromatic carbocycles. The molecule has 2 N–H and O–H groups in total. The molecule has 1 aliphatic heterocycles. The summed E-state index contributed by atoms with van der Waals surface area (Å²) in [5.74, 6) is 1.07. The zero-order valence-corrected chi connectivity index (χ0v) is 26.9. The molecule has 2 atom stereocenters. The molecule has 1 amide bonds. The van der Waals surface area contributed by atoms with Crippen LogP contribution in [0.15, 0.2) is 47.4 Å². The number of allylic oxidation sites excluding steroid dienone is 2. The number of carbonyl (C=O) groups excluding carboxylic acids is 1. The van der Waals surface area contributed by atoms with Gasteiger partial charge in [-0.25, -0.2) is 0 Å². The third-order valence-corrected chi connectivity index (χ3v) is 9.86. The van der Waals surface area contributed by atoms with Crippen LogP contribution in [0.3, 0.4) is 0 Å². The van der Waals surface area contributed by atoms with Gasteiger partial charge in [-0.1, -0.05) is 24.6 Å². The molecule has 2 bridgehead atoms. The number of alkyl halides is 3. The molecule has 11 nitrogen and oxygen atoms in total. The monoisotopic (exact) mass is 682 g/mol. The topological polar surface area (TPSA) is 121 Å². The van der Waals surface area contributed by atoms with Gasteiger partial charge in [0, 0.05) is 38.9 Å². The van der Waals surface area contributed by atoms with E-state index in [-0.39, 0.29) is 34.3 Å². The molecule has 0 spiro atoms. The predicted molar refractivity (Wildman–Crippen MR) is 174 cm³/mol. The van der Waals surface area contributed by atoms with Crippen LogP contribution in [0.1, 0.15) is 49.0 Å². The van der Waals surface area contributed by atoms with E-state index in [1.165, 1.54) is 4.52 Å². The maximum absolute atomic E-state index is 14.2. The van der Waals surface area contributed by atoms with E-state index in [0.717, 1.165) is 43.0 Å². The smallest absolute Gasteiger partial charge is 0.416 e. The van der Waals surface area contributed by atoms with Crippen LogP contribution in [0.2, 0.25) is 5.02 Å². The summed E-state index contributed by atoms with van der Waals surface area (Å²) < 4.78 is 42.5. The second-order valence-corrected chi connectivity index (χ2v) is 13.0. The zero-order valence-electron chi connectivity index (χ0n) is 26.2. The molecule has 7 rings (SSSR count). The highest BCUT2D eigenvalue weighted by atomic mass is 35.5. The van der Waals surface area contributed by atoms with Crippen molar-refractivity contribution < 1.29 is 23.1 Å². The van der Waals surface area contributed by atoms with E-state index in [4.69, 9.17) is 21.7 Å². The Morgan fingerprint density at radius 1 is 1.15 bits per heavy atom. The van der Waals surface area contributed by atoms with Crippen molar-refractivity contribution in [2.75, 3.05) is 36.4 Å². The molecule has 2 fully saturated rings. The van der Waals surface area contributed by atoms with Crippen molar-refractivity contribution in [3.8, 4) is 5.75 Å². The number of pyridine rings is 1. The number of amides is 1. The fourth-order valence-electron chi connectivity index (χ4n) is 7.17. The number of aromatic hydroxyl groups is 1. The molecule has 1 saturated carbocycles. The number of benzene rings is 1. The van der Waals surface area contributed by atoms with Crippen molar-refractivity contribution in [1.82, 2.24) is 29.0 Å². The second-order valence-electron chi connectivity index (χ2n) is 12.6. The number of hydrogen-bond acceptors (Lipinski definition) is 8. The summed E-state index contributed by atoms with van der Waals surface area (Å²) in [5, 5.41) is 17.3. The Labute approximate surface area is 278 Å². The van der Waals surface area contributed by atoms with Crippen LogP contribution >= 0.6 is 11.6 Å². The standard InChI is InChI=1S/C33H34ClF3N8O3/c1-2-26-29(43-12-10-42(11-13-43)17-25-27(46)4-3-9-38-25)31(48)45-32(40-30(41-45)22-15-19-5-6-20(22)14-19)44(26)18-28(47)39-24-8-7-21(16-23(24)34)33(35,36)37/h3-4,7-9,15-16,19-20,46H,2,5-6,10-14,17-18H2,1H3,(H,39,47). The van der Waals surface area contributed by atoms with Crippen molar-refractivity contribution in [1.29, 1.82) is 0 Å². The summed E-state index contributed by atoms with van der Waals surface area (Å²) in [4.78, 5) is 41.0. The second kappa shape index (κ2) is 12.5. The predicted octanol–water partition coefficient (Wildman–Crippen LogP) is 5.00. The number of hydrogen-bond donors (Lipinski definition) is 2. The average molecular weight is 683 g/mol. The summed E-state index contributed by atoms with van der Waals surface area (Å²) in [6.45, 7) is 4.28. The van der Waals surface area contributed by atoms with Gasteiger partial charge in [0.2, 0.25) is 11.7 Å². The number of piperazine rings is 1. The highest BCUT2D eigenvalue weighted by Crippen LogP contribution is 2.47. The number of anilines is 2. The van der Waals surface area contributed by atoms with E-state index in [2.05, 4.69) is 21.3 Å². The normalized spacial score (nSPS) is 19.7. The van der Waals surface area contributed by atoms with E-state index in [9.17, 15) is 27.9 Å². The number of aromatic nitrogens is 5. The van der Waals surface area contributed by atoms with Crippen molar-refractivity contribution in [3.63, 3.8) is 0 Å². The van der Waals surface area contributed by atoms with Gasteiger partial charge in [0.05, 0.1) is 27.7 Å². The van der Waals surface area contributed by atoms with Gasteiger partial charge < -0.3 is 19.9 Å². The minimum absolute atomic E-state index is 0.0364. The summed E-state index contributed by atoms with van der Waals surface area (Å²) in [5.41, 5.74) is 1.40. The van der Waals surface area contributed by atoms with Gasteiger partial charge in [0.15, 0.2) is 5.82 Å². The Kier molecular flexibility index (Phi) is 8.40. The molecule has 2 aliphatic carbocycles.